The molecule has 1 aromatic heterocycles. The summed E-state index contributed by atoms with van der Waals surface area (Å²) in [6.07, 6.45) is 0. The predicted octanol–water partition coefficient (Wildman–Crippen LogP) is 4.40. The Labute approximate surface area is 160 Å². The summed E-state index contributed by atoms with van der Waals surface area (Å²) in [4.78, 5) is 27.4. The first-order valence-electron chi connectivity index (χ1n) is 8.60. The maximum atomic E-state index is 12.4. The molecule has 0 saturated heterocycles. The number of nitro benzene ring substituents is 1. The van der Waals surface area contributed by atoms with Gasteiger partial charge in [0, 0.05) is 36.0 Å². The molecule has 1 N–H and O–H groups in total. The number of aryl methyl sites for hydroxylation is 1. The van der Waals surface area contributed by atoms with Gasteiger partial charge in [0.15, 0.2) is 0 Å². The first-order valence-corrected chi connectivity index (χ1v) is 8.60. The molecule has 0 aliphatic heterocycles. The average Bonchev–Trinajstić information content (AvgIpc) is 3.05. The zero-order chi connectivity index (χ0) is 19.7. The first kappa shape index (κ1) is 17.4. The van der Waals surface area contributed by atoms with Crippen LogP contribution in [0.5, 0.6) is 0 Å². The number of hydrogen-bond acceptors (Lipinski definition) is 4. The zero-order valence-electron chi connectivity index (χ0n) is 15.0. The number of carbonyl (C=O) groups excluding carboxylic acids is 1. The summed E-state index contributed by atoms with van der Waals surface area (Å²) in [5, 5.41) is 13.6. The summed E-state index contributed by atoms with van der Waals surface area (Å²) < 4.78 is 2.02. The number of nitro groups is 1. The fraction of sp³-hybridized carbons (Fsp3) is 0.0476. The highest BCUT2D eigenvalue weighted by Crippen LogP contribution is 2.25. The van der Waals surface area contributed by atoms with Crippen LogP contribution in [0.15, 0.2) is 72.8 Å². The molecule has 1 amide bonds. The molecule has 0 saturated carbocycles. The van der Waals surface area contributed by atoms with Crippen molar-refractivity contribution in [3.63, 3.8) is 0 Å². The Balaban J connectivity index is 1.56. The van der Waals surface area contributed by atoms with E-state index in [1.54, 1.807) is 12.1 Å². The van der Waals surface area contributed by atoms with Crippen molar-refractivity contribution < 1.29 is 9.72 Å². The number of anilines is 1. The van der Waals surface area contributed by atoms with E-state index in [1.807, 2.05) is 48.0 Å². The van der Waals surface area contributed by atoms with Crippen LogP contribution in [0.3, 0.4) is 0 Å². The Morgan fingerprint density at radius 3 is 2.50 bits per heavy atom. The van der Waals surface area contributed by atoms with Crippen LogP contribution in [-0.4, -0.2) is 20.4 Å². The monoisotopic (exact) mass is 372 g/mol. The van der Waals surface area contributed by atoms with Gasteiger partial charge in [-0.05, 0) is 42.5 Å². The molecular formula is C21H16N4O3. The lowest BCUT2D eigenvalue weighted by Gasteiger charge is -2.07. The number of hydrogen-bond donors (Lipinski definition) is 1. The lowest BCUT2D eigenvalue weighted by molar-refractivity contribution is -0.384. The molecule has 4 rings (SSSR count). The molecule has 0 spiro atoms. The van der Waals surface area contributed by atoms with E-state index in [9.17, 15) is 14.9 Å². The second-order valence-electron chi connectivity index (χ2n) is 6.32. The van der Waals surface area contributed by atoms with E-state index in [2.05, 4.69) is 10.3 Å². The summed E-state index contributed by atoms with van der Waals surface area (Å²) in [5.41, 5.74) is 3.59. The van der Waals surface area contributed by atoms with Crippen LogP contribution in [0.4, 0.5) is 11.4 Å². The second kappa shape index (κ2) is 6.96. The predicted molar refractivity (Wildman–Crippen MR) is 107 cm³/mol. The molecule has 0 fully saturated rings. The van der Waals surface area contributed by atoms with Gasteiger partial charge < -0.3 is 9.88 Å². The van der Waals surface area contributed by atoms with Crippen molar-refractivity contribution in [1.82, 2.24) is 9.55 Å². The number of para-hydroxylation sites is 2. The largest absolute Gasteiger partial charge is 0.327 e. The SMILES string of the molecule is Cn1c(-c2ccc(NC(=O)c3cccc([N+](=O)[O-])c3)cc2)nc2ccccc21. The van der Waals surface area contributed by atoms with Crippen molar-refractivity contribution >= 4 is 28.3 Å². The van der Waals surface area contributed by atoms with Crippen molar-refractivity contribution in [1.29, 1.82) is 0 Å². The van der Waals surface area contributed by atoms with Crippen molar-refractivity contribution in [3.8, 4) is 11.4 Å². The maximum Gasteiger partial charge on any atom is 0.270 e. The highest BCUT2D eigenvalue weighted by Gasteiger charge is 2.13. The third kappa shape index (κ3) is 3.21. The van der Waals surface area contributed by atoms with Crippen molar-refractivity contribution in [3.05, 3.63) is 88.5 Å². The fourth-order valence-electron chi connectivity index (χ4n) is 3.07. The van der Waals surface area contributed by atoms with Crippen molar-refractivity contribution in [2.24, 2.45) is 7.05 Å². The van der Waals surface area contributed by atoms with Gasteiger partial charge in [0.2, 0.25) is 0 Å². The summed E-state index contributed by atoms with van der Waals surface area (Å²) in [6, 6.07) is 20.9. The first-order chi connectivity index (χ1) is 13.5. The number of rotatable bonds is 4. The van der Waals surface area contributed by atoms with E-state index in [4.69, 9.17) is 0 Å². The molecular weight excluding hydrogens is 356 g/mol. The Bertz CT molecular complexity index is 1200. The highest BCUT2D eigenvalue weighted by atomic mass is 16.6. The Morgan fingerprint density at radius 1 is 1.04 bits per heavy atom. The molecule has 3 aromatic carbocycles. The van der Waals surface area contributed by atoms with E-state index in [1.165, 1.54) is 24.3 Å². The topological polar surface area (TPSA) is 90.1 Å². The van der Waals surface area contributed by atoms with Crippen LogP contribution in [-0.2, 0) is 7.05 Å². The van der Waals surface area contributed by atoms with E-state index in [0.29, 0.717) is 5.69 Å². The minimum atomic E-state index is -0.525. The minimum Gasteiger partial charge on any atom is -0.327 e. The van der Waals surface area contributed by atoms with Gasteiger partial charge in [-0.3, -0.25) is 14.9 Å². The third-order valence-corrected chi connectivity index (χ3v) is 4.51. The summed E-state index contributed by atoms with van der Waals surface area (Å²) in [5.74, 6) is 0.428. The highest BCUT2D eigenvalue weighted by molar-refractivity contribution is 6.04. The second-order valence-corrected chi connectivity index (χ2v) is 6.32. The molecule has 138 valence electrons. The molecule has 0 unspecified atom stereocenters. The Kier molecular flexibility index (Phi) is 4.33. The summed E-state index contributed by atoms with van der Waals surface area (Å²) >= 11 is 0. The van der Waals surface area contributed by atoms with Gasteiger partial charge >= 0.3 is 0 Å². The lowest BCUT2D eigenvalue weighted by atomic mass is 10.1. The maximum absolute atomic E-state index is 12.4. The quantitative estimate of drug-likeness (QED) is 0.425. The van der Waals surface area contributed by atoms with Crippen molar-refractivity contribution in [2.45, 2.75) is 0 Å². The molecule has 0 radical (unpaired) electrons. The van der Waals surface area contributed by atoms with E-state index >= 15 is 0 Å². The molecule has 1 heterocycles. The number of nitrogens with zero attached hydrogens (tertiary/aromatic N) is 3. The Morgan fingerprint density at radius 2 is 1.79 bits per heavy atom. The number of aromatic nitrogens is 2. The third-order valence-electron chi connectivity index (χ3n) is 4.51. The van der Waals surface area contributed by atoms with Gasteiger partial charge in [0.1, 0.15) is 5.82 Å². The van der Waals surface area contributed by atoms with Gasteiger partial charge in [-0.25, -0.2) is 4.98 Å². The van der Waals surface area contributed by atoms with Gasteiger partial charge in [-0.15, -0.1) is 0 Å². The zero-order valence-corrected chi connectivity index (χ0v) is 15.0. The molecule has 0 aliphatic carbocycles. The van der Waals surface area contributed by atoms with Crippen LogP contribution in [0.1, 0.15) is 10.4 Å². The normalized spacial score (nSPS) is 10.8. The van der Waals surface area contributed by atoms with Crippen LogP contribution < -0.4 is 5.32 Å². The summed E-state index contributed by atoms with van der Waals surface area (Å²) in [6.45, 7) is 0. The molecule has 0 bridgehead atoms. The number of non-ortho nitro benzene ring substituents is 1. The van der Waals surface area contributed by atoms with Crippen LogP contribution in [0.2, 0.25) is 0 Å². The fourth-order valence-corrected chi connectivity index (χ4v) is 3.07. The van der Waals surface area contributed by atoms with Crippen LogP contribution in [0, 0.1) is 10.1 Å². The van der Waals surface area contributed by atoms with Gasteiger partial charge in [0.05, 0.1) is 16.0 Å². The van der Waals surface area contributed by atoms with E-state index in [0.717, 1.165) is 22.4 Å². The number of benzene rings is 3. The number of imidazole rings is 1. The molecule has 0 atom stereocenters. The molecule has 7 nitrogen and oxygen atoms in total. The molecule has 0 aliphatic rings. The van der Waals surface area contributed by atoms with Crippen LogP contribution >= 0.6 is 0 Å². The van der Waals surface area contributed by atoms with Gasteiger partial charge in [-0.2, -0.15) is 0 Å². The summed E-state index contributed by atoms with van der Waals surface area (Å²) in [7, 11) is 1.96. The van der Waals surface area contributed by atoms with E-state index in [-0.39, 0.29) is 11.3 Å². The number of carbonyl (C=O) groups is 1. The molecule has 28 heavy (non-hydrogen) atoms. The molecule has 4 aromatic rings. The smallest absolute Gasteiger partial charge is 0.270 e. The van der Waals surface area contributed by atoms with Crippen molar-refractivity contribution in [2.75, 3.05) is 5.32 Å². The average molecular weight is 372 g/mol. The number of amides is 1. The number of fused-ring (bicyclic) bond motifs is 1. The molecule has 7 heteroatoms. The minimum absolute atomic E-state index is 0.121. The standard InChI is InChI=1S/C21H16N4O3/c1-24-19-8-3-2-7-18(19)23-20(24)14-9-11-16(12-10-14)22-21(26)15-5-4-6-17(13-15)25(27)28/h2-13H,1H3,(H,22,26). The van der Waals surface area contributed by atoms with Crippen LogP contribution in [0.25, 0.3) is 22.4 Å². The van der Waals surface area contributed by atoms with Gasteiger partial charge in [-0.1, -0.05) is 18.2 Å². The lowest BCUT2D eigenvalue weighted by Crippen LogP contribution is -2.12. The Hall–Kier alpha value is -4.00. The van der Waals surface area contributed by atoms with E-state index < -0.39 is 10.8 Å². The van der Waals surface area contributed by atoms with Gasteiger partial charge in [0.25, 0.3) is 11.6 Å². The number of nitrogens with one attached hydrogen (secondary N) is 1.